The molecule has 2 rings (SSSR count). The van der Waals surface area contributed by atoms with Crippen LogP contribution < -0.4 is 11.5 Å². The molecule has 0 bridgehead atoms. The van der Waals surface area contributed by atoms with Crippen LogP contribution in [0.3, 0.4) is 0 Å². The van der Waals surface area contributed by atoms with Gasteiger partial charge in [-0.3, -0.25) is 0 Å². The Balaban J connectivity index is 2.80. The zero-order valence-electron chi connectivity index (χ0n) is 12.2. The van der Waals surface area contributed by atoms with E-state index >= 15 is 0 Å². The second kappa shape index (κ2) is 6.50. The summed E-state index contributed by atoms with van der Waals surface area (Å²) in [4.78, 5) is 0.220. The Morgan fingerprint density at radius 1 is 1.00 bits per heavy atom. The molecule has 0 fully saturated rings. The first-order valence-corrected chi connectivity index (χ1v) is 7.69. The van der Waals surface area contributed by atoms with Gasteiger partial charge >= 0.3 is 0 Å². The van der Waals surface area contributed by atoms with Crippen molar-refractivity contribution in [3.63, 3.8) is 0 Å². The fourth-order valence-electron chi connectivity index (χ4n) is 2.60. The molecule has 0 atom stereocenters. The lowest BCUT2D eigenvalue weighted by molar-refractivity contribution is 0.624. The van der Waals surface area contributed by atoms with Crippen LogP contribution in [0.5, 0.6) is 0 Å². The molecule has 4 N–H and O–H groups in total. The number of benzene rings is 2. The van der Waals surface area contributed by atoms with Gasteiger partial charge in [-0.05, 0) is 35.2 Å². The molecular formula is C17H17FN2S2. The molecular weight excluding hydrogens is 315 g/mol. The van der Waals surface area contributed by atoms with E-state index in [1.165, 1.54) is 12.1 Å². The second-order valence-electron chi connectivity index (χ2n) is 5.04. The van der Waals surface area contributed by atoms with Crippen molar-refractivity contribution in [1.29, 1.82) is 0 Å². The summed E-state index contributed by atoms with van der Waals surface area (Å²) in [6.45, 7) is 2.05. The quantitative estimate of drug-likeness (QED) is 0.825. The molecule has 0 aromatic heterocycles. The SMILES string of the molecule is CCc1cccc(C(C(N)=S)(C(N)=S)c2cccc(F)c2)c1. The van der Waals surface area contributed by atoms with Gasteiger partial charge in [0.05, 0.1) is 9.98 Å². The zero-order chi connectivity index (χ0) is 16.3. The molecule has 0 aliphatic rings. The maximum Gasteiger partial charge on any atom is 0.123 e. The van der Waals surface area contributed by atoms with Crippen molar-refractivity contribution < 1.29 is 4.39 Å². The molecule has 0 radical (unpaired) electrons. The molecule has 0 heterocycles. The summed E-state index contributed by atoms with van der Waals surface area (Å²) in [6, 6.07) is 13.8. The molecule has 114 valence electrons. The standard InChI is InChI=1S/C17H17FN2S2/c1-2-11-5-3-6-12(9-11)17(15(19)21,16(20)22)13-7-4-8-14(18)10-13/h3-10H,2H2,1H3,(H2,19,21)(H2,20,22). The predicted molar refractivity (Wildman–Crippen MR) is 96.6 cm³/mol. The summed E-state index contributed by atoms with van der Waals surface area (Å²) in [5, 5.41) is 0. The fourth-order valence-corrected chi connectivity index (χ4v) is 3.36. The Morgan fingerprint density at radius 3 is 2.05 bits per heavy atom. The Kier molecular flexibility index (Phi) is 4.88. The third-order valence-electron chi connectivity index (χ3n) is 3.77. The van der Waals surface area contributed by atoms with E-state index in [-0.39, 0.29) is 15.8 Å². The Morgan fingerprint density at radius 2 is 1.55 bits per heavy atom. The summed E-state index contributed by atoms with van der Waals surface area (Å²) in [6.07, 6.45) is 0.849. The first kappa shape index (κ1) is 16.5. The van der Waals surface area contributed by atoms with Crippen molar-refractivity contribution in [2.75, 3.05) is 0 Å². The van der Waals surface area contributed by atoms with Crippen LogP contribution in [0.2, 0.25) is 0 Å². The number of thiocarbonyl (C=S) groups is 2. The van der Waals surface area contributed by atoms with E-state index in [0.29, 0.717) is 5.56 Å². The van der Waals surface area contributed by atoms with Crippen molar-refractivity contribution in [3.8, 4) is 0 Å². The summed E-state index contributed by atoms with van der Waals surface area (Å²) in [7, 11) is 0. The van der Waals surface area contributed by atoms with Gasteiger partial charge in [0.1, 0.15) is 11.2 Å². The van der Waals surface area contributed by atoms with E-state index in [1.54, 1.807) is 12.1 Å². The highest BCUT2D eigenvalue weighted by molar-refractivity contribution is 7.82. The van der Waals surface area contributed by atoms with Crippen LogP contribution in [0.25, 0.3) is 0 Å². The summed E-state index contributed by atoms with van der Waals surface area (Å²) in [5.41, 5.74) is 13.3. The van der Waals surface area contributed by atoms with Gasteiger partial charge in [-0.1, -0.05) is 67.8 Å². The minimum atomic E-state index is -1.15. The average molecular weight is 332 g/mol. The normalized spacial score (nSPS) is 11.2. The molecule has 0 spiro atoms. The van der Waals surface area contributed by atoms with Gasteiger partial charge in [-0.2, -0.15) is 0 Å². The smallest absolute Gasteiger partial charge is 0.123 e. The highest BCUT2D eigenvalue weighted by Crippen LogP contribution is 2.34. The third kappa shape index (κ3) is 2.74. The van der Waals surface area contributed by atoms with Gasteiger partial charge in [-0.25, -0.2) is 4.39 Å². The van der Waals surface area contributed by atoms with Crippen LogP contribution in [0, 0.1) is 5.82 Å². The first-order valence-electron chi connectivity index (χ1n) is 6.88. The van der Waals surface area contributed by atoms with Gasteiger partial charge in [0.2, 0.25) is 0 Å². The summed E-state index contributed by atoms with van der Waals surface area (Å²) in [5.74, 6) is -0.388. The second-order valence-corrected chi connectivity index (χ2v) is 5.92. The summed E-state index contributed by atoms with van der Waals surface area (Å²) >= 11 is 10.6. The monoisotopic (exact) mass is 332 g/mol. The number of hydrogen-bond acceptors (Lipinski definition) is 2. The van der Waals surface area contributed by atoms with Crippen LogP contribution in [0.4, 0.5) is 4.39 Å². The number of nitrogens with two attached hydrogens (primary N) is 2. The molecule has 22 heavy (non-hydrogen) atoms. The van der Waals surface area contributed by atoms with Crippen LogP contribution in [-0.2, 0) is 11.8 Å². The molecule has 0 aliphatic carbocycles. The number of halogens is 1. The number of aryl methyl sites for hydroxylation is 1. The molecule has 2 aromatic rings. The van der Waals surface area contributed by atoms with Crippen molar-refractivity contribution in [1.82, 2.24) is 0 Å². The molecule has 0 amide bonds. The van der Waals surface area contributed by atoms with E-state index in [1.807, 2.05) is 31.2 Å². The topological polar surface area (TPSA) is 52.0 Å². The molecule has 0 unspecified atom stereocenters. The van der Waals surface area contributed by atoms with Gasteiger partial charge in [0, 0.05) is 0 Å². The minimum absolute atomic E-state index is 0.110. The van der Waals surface area contributed by atoms with Crippen LogP contribution in [-0.4, -0.2) is 9.98 Å². The lowest BCUT2D eigenvalue weighted by Gasteiger charge is -2.33. The van der Waals surface area contributed by atoms with E-state index in [9.17, 15) is 4.39 Å². The average Bonchev–Trinajstić information content (AvgIpc) is 2.47. The van der Waals surface area contributed by atoms with E-state index in [0.717, 1.165) is 17.5 Å². The van der Waals surface area contributed by atoms with Crippen molar-refractivity contribution >= 4 is 34.4 Å². The van der Waals surface area contributed by atoms with Crippen molar-refractivity contribution in [2.24, 2.45) is 11.5 Å². The van der Waals surface area contributed by atoms with Crippen LogP contribution >= 0.6 is 24.4 Å². The molecule has 2 aromatic carbocycles. The largest absolute Gasteiger partial charge is 0.392 e. The van der Waals surface area contributed by atoms with E-state index < -0.39 is 5.41 Å². The van der Waals surface area contributed by atoms with E-state index in [4.69, 9.17) is 35.9 Å². The minimum Gasteiger partial charge on any atom is -0.392 e. The van der Waals surface area contributed by atoms with Gasteiger partial charge in [0.25, 0.3) is 0 Å². The number of rotatable bonds is 5. The highest BCUT2D eigenvalue weighted by Gasteiger charge is 2.41. The maximum atomic E-state index is 13.7. The Bertz CT molecular complexity index is 714. The predicted octanol–water partition coefficient (Wildman–Crippen LogP) is 3.25. The van der Waals surface area contributed by atoms with Gasteiger partial charge < -0.3 is 11.5 Å². The van der Waals surface area contributed by atoms with Crippen molar-refractivity contribution in [3.05, 3.63) is 71.0 Å². The van der Waals surface area contributed by atoms with E-state index in [2.05, 4.69) is 0 Å². The maximum absolute atomic E-state index is 13.7. The fraction of sp³-hybridized carbons (Fsp3) is 0.176. The summed E-state index contributed by atoms with van der Waals surface area (Å²) < 4.78 is 13.7. The van der Waals surface area contributed by atoms with Gasteiger partial charge in [-0.15, -0.1) is 0 Å². The Hall–Kier alpha value is -1.85. The molecule has 0 saturated heterocycles. The van der Waals surface area contributed by atoms with Crippen molar-refractivity contribution in [2.45, 2.75) is 18.8 Å². The molecule has 0 saturated carbocycles. The van der Waals surface area contributed by atoms with Crippen LogP contribution in [0.15, 0.2) is 48.5 Å². The Labute approximate surface area is 140 Å². The highest BCUT2D eigenvalue weighted by atomic mass is 32.1. The lowest BCUT2D eigenvalue weighted by Crippen LogP contribution is -2.50. The van der Waals surface area contributed by atoms with Crippen LogP contribution in [0.1, 0.15) is 23.6 Å². The number of hydrogen-bond donors (Lipinski definition) is 2. The molecule has 2 nitrogen and oxygen atoms in total. The molecule has 5 heteroatoms. The molecule has 0 aliphatic heterocycles. The zero-order valence-corrected chi connectivity index (χ0v) is 13.8. The lowest BCUT2D eigenvalue weighted by atomic mass is 9.73. The van der Waals surface area contributed by atoms with Gasteiger partial charge in [0.15, 0.2) is 0 Å². The first-order chi connectivity index (χ1) is 10.4. The third-order valence-corrected chi connectivity index (χ3v) is 4.38.